The SMILES string of the molecule is N#Cc1ccc(NC(=O)c2cccc(C(=O)NCc3ccco3)n2)cc1. The highest BCUT2D eigenvalue weighted by Gasteiger charge is 2.13. The Morgan fingerprint density at radius 1 is 1.00 bits per heavy atom. The Balaban J connectivity index is 1.66. The van der Waals surface area contributed by atoms with Gasteiger partial charge in [-0.3, -0.25) is 9.59 Å². The summed E-state index contributed by atoms with van der Waals surface area (Å²) >= 11 is 0. The molecule has 2 heterocycles. The third-order valence-electron chi connectivity index (χ3n) is 3.49. The summed E-state index contributed by atoms with van der Waals surface area (Å²) < 4.78 is 5.15. The number of carbonyl (C=O) groups excluding carboxylic acids is 2. The van der Waals surface area contributed by atoms with Crippen molar-refractivity contribution in [3.63, 3.8) is 0 Å². The fourth-order valence-electron chi connectivity index (χ4n) is 2.18. The fraction of sp³-hybridized carbons (Fsp3) is 0.0526. The molecule has 7 nitrogen and oxygen atoms in total. The zero-order valence-corrected chi connectivity index (χ0v) is 13.6. The standard InChI is InChI=1S/C19H14N4O3/c20-11-13-6-8-14(9-7-13)22-19(25)17-5-1-4-16(23-17)18(24)21-12-15-3-2-10-26-15/h1-10H,12H2,(H,21,24)(H,22,25). The second-order valence-corrected chi connectivity index (χ2v) is 5.31. The molecule has 7 heteroatoms. The highest BCUT2D eigenvalue weighted by Crippen LogP contribution is 2.11. The number of hydrogen-bond donors (Lipinski definition) is 2. The van der Waals surface area contributed by atoms with Crippen LogP contribution in [0.5, 0.6) is 0 Å². The zero-order valence-electron chi connectivity index (χ0n) is 13.6. The predicted molar refractivity (Wildman–Crippen MR) is 93.2 cm³/mol. The molecule has 0 radical (unpaired) electrons. The first-order chi connectivity index (χ1) is 12.7. The smallest absolute Gasteiger partial charge is 0.274 e. The Hall–Kier alpha value is -3.92. The number of amides is 2. The van der Waals surface area contributed by atoms with Gasteiger partial charge in [-0.2, -0.15) is 5.26 Å². The van der Waals surface area contributed by atoms with Gasteiger partial charge < -0.3 is 15.1 Å². The lowest BCUT2D eigenvalue weighted by molar-refractivity contribution is 0.0943. The number of nitrogens with one attached hydrogen (secondary N) is 2. The van der Waals surface area contributed by atoms with E-state index in [4.69, 9.17) is 9.68 Å². The van der Waals surface area contributed by atoms with E-state index >= 15 is 0 Å². The van der Waals surface area contributed by atoms with E-state index in [-0.39, 0.29) is 17.9 Å². The first kappa shape index (κ1) is 16.9. The summed E-state index contributed by atoms with van der Waals surface area (Å²) in [7, 11) is 0. The van der Waals surface area contributed by atoms with Crippen LogP contribution in [0.15, 0.2) is 65.3 Å². The minimum atomic E-state index is -0.449. The van der Waals surface area contributed by atoms with Gasteiger partial charge in [-0.25, -0.2) is 4.98 Å². The van der Waals surface area contributed by atoms with E-state index in [1.807, 2.05) is 6.07 Å². The van der Waals surface area contributed by atoms with Crippen molar-refractivity contribution >= 4 is 17.5 Å². The van der Waals surface area contributed by atoms with Gasteiger partial charge in [0.15, 0.2) is 0 Å². The molecule has 0 bridgehead atoms. The Morgan fingerprint density at radius 2 is 1.73 bits per heavy atom. The number of pyridine rings is 1. The van der Waals surface area contributed by atoms with Crippen molar-refractivity contribution in [2.45, 2.75) is 6.54 Å². The van der Waals surface area contributed by atoms with Gasteiger partial charge >= 0.3 is 0 Å². The minimum absolute atomic E-state index is 0.111. The monoisotopic (exact) mass is 346 g/mol. The third-order valence-corrected chi connectivity index (χ3v) is 3.49. The highest BCUT2D eigenvalue weighted by molar-refractivity contribution is 6.03. The molecule has 0 atom stereocenters. The first-order valence-electron chi connectivity index (χ1n) is 7.75. The molecule has 3 rings (SSSR count). The molecule has 0 aliphatic carbocycles. The molecule has 2 aromatic heterocycles. The van der Waals surface area contributed by atoms with Crippen LogP contribution in [-0.2, 0) is 6.54 Å². The van der Waals surface area contributed by atoms with Crippen LogP contribution in [0.1, 0.15) is 32.3 Å². The van der Waals surface area contributed by atoms with Crippen molar-refractivity contribution in [3.05, 3.63) is 83.6 Å². The third kappa shape index (κ3) is 4.13. The van der Waals surface area contributed by atoms with Crippen molar-refractivity contribution in [1.29, 1.82) is 5.26 Å². The number of carbonyl (C=O) groups is 2. The van der Waals surface area contributed by atoms with Crippen molar-refractivity contribution < 1.29 is 14.0 Å². The molecule has 128 valence electrons. The summed E-state index contributed by atoms with van der Waals surface area (Å²) in [5.74, 6) is -0.238. The van der Waals surface area contributed by atoms with E-state index in [0.717, 1.165) is 0 Å². The van der Waals surface area contributed by atoms with Gasteiger partial charge in [0.2, 0.25) is 0 Å². The van der Waals surface area contributed by atoms with E-state index in [2.05, 4.69) is 15.6 Å². The van der Waals surface area contributed by atoms with E-state index in [0.29, 0.717) is 17.0 Å². The van der Waals surface area contributed by atoms with E-state index in [1.165, 1.54) is 18.4 Å². The van der Waals surface area contributed by atoms with Crippen molar-refractivity contribution in [3.8, 4) is 6.07 Å². The van der Waals surface area contributed by atoms with Gasteiger partial charge in [0.25, 0.3) is 11.8 Å². The summed E-state index contributed by atoms with van der Waals surface area (Å²) in [5.41, 5.74) is 1.27. The molecular formula is C19H14N4O3. The second kappa shape index (κ2) is 7.77. The summed E-state index contributed by atoms with van der Waals surface area (Å²) in [6.07, 6.45) is 1.52. The topological polar surface area (TPSA) is 108 Å². The van der Waals surface area contributed by atoms with Gasteiger partial charge in [-0.1, -0.05) is 6.07 Å². The summed E-state index contributed by atoms with van der Waals surface area (Å²) in [5, 5.41) is 14.1. The van der Waals surface area contributed by atoms with Crippen LogP contribution in [0.4, 0.5) is 5.69 Å². The molecule has 2 N–H and O–H groups in total. The average Bonchev–Trinajstić information content (AvgIpc) is 3.20. The van der Waals surface area contributed by atoms with E-state index in [1.54, 1.807) is 42.5 Å². The van der Waals surface area contributed by atoms with Gasteiger partial charge in [0, 0.05) is 5.69 Å². The van der Waals surface area contributed by atoms with Crippen molar-refractivity contribution in [1.82, 2.24) is 10.3 Å². The fourth-order valence-corrected chi connectivity index (χ4v) is 2.18. The number of rotatable bonds is 5. The van der Waals surface area contributed by atoms with Gasteiger partial charge in [0.05, 0.1) is 24.4 Å². The molecule has 0 saturated heterocycles. The van der Waals surface area contributed by atoms with Crippen molar-refractivity contribution in [2.24, 2.45) is 0 Å². The zero-order chi connectivity index (χ0) is 18.4. The minimum Gasteiger partial charge on any atom is -0.467 e. The Morgan fingerprint density at radius 3 is 2.38 bits per heavy atom. The quantitative estimate of drug-likeness (QED) is 0.738. The number of furan rings is 1. The van der Waals surface area contributed by atoms with Crippen LogP contribution in [0.25, 0.3) is 0 Å². The van der Waals surface area contributed by atoms with Crippen molar-refractivity contribution in [2.75, 3.05) is 5.32 Å². The number of aromatic nitrogens is 1. The Kier molecular flexibility index (Phi) is 5.05. The predicted octanol–water partition coefficient (Wildman–Crippen LogP) is 2.73. The maximum absolute atomic E-state index is 12.3. The number of hydrogen-bond acceptors (Lipinski definition) is 5. The number of nitriles is 1. The Labute approximate surface area is 149 Å². The maximum Gasteiger partial charge on any atom is 0.274 e. The number of anilines is 1. The summed E-state index contributed by atoms with van der Waals surface area (Å²) in [6, 6.07) is 16.5. The normalized spacial score (nSPS) is 9.96. The number of nitrogens with zero attached hydrogens (tertiary/aromatic N) is 2. The molecule has 0 spiro atoms. The largest absolute Gasteiger partial charge is 0.467 e. The molecule has 0 unspecified atom stereocenters. The first-order valence-corrected chi connectivity index (χ1v) is 7.75. The van der Waals surface area contributed by atoms with E-state index in [9.17, 15) is 9.59 Å². The lowest BCUT2D eigenvalue weighted by atomic mass is 10.2. The summed E-state index contributed by atoms with van der Waals surface area (Å²) in [4.78, 5) is 28.6. The highest BCUT2D eigenvalue weighted by atomic mass is 16.3. The average molecular weight is 346 g/mol. The lowest BCUT2D eigenvalue weighted by Gasteiger charge is -2.07. The molecule has 2 amide bonds. The molecule has 3 aromatic rings. The van der Waals surface area contributed by atoms with Crippen LogP contribution in [0.3, 0.4) is 0 Å². The lowest BCUT2D eigenvalue weighted by Crippen LogP contribution is -2.24. The molecule has 1 aromatic carbocycles. The van der Waals surface area contributed by atoms with Crippen LogP contribution >= 0.6 is 0 Å². The van der Waals surface area contributed by atoms with E-state index < -0.39 is 11.8 Å². The second-order valence-electron chi connectivity index (χ2n) is 5.31. The molecule has 0 aliphatic rings. The van der Waals surface area contributed by atoms with Gasteiger partial charge in [-0.05, 0) is 48.5 Å². The molecule has 26 heavy (non-hydrogen) atoms. The summed E-state index contributed by atoms with van der Waals surface area (Å²) in [6.45, 7) is 0.231. The van der Waals surface area contributed by atoms with Crippen LogP contribution in [0.2, 0.25) is 0 Å². The van der Waals surface area contributed by atoms with Crippen LogP contribution < -0.4 is 10.6 Å². The van der Waals surface area contributed by atoms with Crippen LogP contribution in [-0.4, -0.2) is 16.8 Å². The maximum atomic E-state index is 12.3. The Bertz CT molecular complexity index is 957. The molecule has 0 fully saturated rings. The molecular weight excluding hydrogens is 332 g/mol. The molecule has 0 aliphatic heterocycles. The van der Waals surface area contributed by atoms with Gasteiger partial charge in [0.1, 0.15) is 17.1 Å². The number of benzene rings is 1. The van der Waals surface area contributed by atoms with Gasteiger partial charge in [-0.15, -0.1) is 0 Å². The van der Waals surface area contributed by atoms with Crippen LogP contribution in [0, 0.1) is 11.3 Å². The molecule has 0 saturated carbocycles.